The standard InChI is InChI=1S/C15H24N2O2.ClH/c1-4-19-14-8-6-5-7-12(14)10-17-15(18)13(16)9-11(2)3;/h5-8,11,13H,4,9-10,16H2,1-3H3,(H,17,18);1H/t13-;/m0./s1. The molecule has 0 saturated heterocycles. The van der Waals surface area contributed by atoms with Crippen molar-refractivity contribution in [2.45, 2.75) is 39.8 Å². The Hall–Kier alpha value is -1.26. The van der Waals surface area contributed by atoms with Crippen molar-refractivity contribution in [2.75, 3.05) is 6.61 Å². The van der Waals surface area contributed by atoms with E-state index >= 15 is 0 Å². The molecule has 1 aromatic rings. The van der Waals surface area contributed by atoms with Gasteiger partial charge in [-0.15, -0.1) is 12.4 Å². The first-order chi connectivity index (χ1) is 9.04. The molecular weight excluding hydrogens is 276 g/mol. The van der Waals surface area contributed by atoms with E-state index in [0.717, 1.165) is 11.3 Å². The molecule has 0 radical (unpaired) electrons. The fraction of sp³-hybridized carbons (Fsp3) is 0.533. The summed E-state index contributed by atoms with van der Waals surface area (Å²) in [5, 5.41) is 2.86. The van der Waals surface area contributed by atoms with E-state index in [9.17, 15) is 4.79 Å². The van der Waals surface area contributed by atoms with Crippen LogP contribution in [0.5, 0.6) is 5.75 Å². The first kappa shape index (κ1) is 18.7. The smallest absolute Gasteiger partial charge is 0.237 e. The number of halogens is 1. The largest absolute Gasteiger partial charge is 0.494 e. The second kappa shape index (κ2) is 9.61. The summed E-state index contributed by atoms with van der Waals surface area (Å²) >= 11 is 0. The molecule has 1 atom stereocenters. The van der Waals surface area contributed by atoms with Gasteiger partial charge in [-0.25, -0.2) is 0 Å². The first-order valence-corrected chi connectivity index (χ1v) is 6.78. The van der Waals surface area contributed by atoms with Gasteiger partial charge in [-0.1, -0.05) is 32.0 Å². The molecule has 20 heavy (non-hydrogen) atoms. The summed E-state index contributed by atoms with van der Waals surface area (Å²) in [4.78, 5) is 11.8. The lowest BCUT2D eigenvalue weighted by molar-refractivity contribution is -0.122. The molecule has 0 spiro atoms. The van der Waals surface area contributed by atoms with E-state index in [2.05, 4.69) is 19.2 Å². The van der Waals surface area contributed by atoms with E-state index in [1.165, 1.54) is 0 Å². The van der Waals surface area contributed by atoms with Gasteiger partial charge < -0.3 is 15.8 Å². The topological polar surface area (TPSA) is 64.3 Å². The van der Waals surface area contributed by atoms with Crippen molar-refractivity contribution in [2.24, 2.45) is 11.7 Å². The summed E-state index contributed by atoms with van der Waals surface area (Å²) in [7, 11) is 0. The summed E-state index contributed by atoms with van der Waals surface area (Å²) in [5.41, 5.74) is 6.80. The molecule has 0 fully saturated rings. The van der Waals surface area contributed by atoms with Gasteiger partial charge in [0.2, 0.25) is 5.91 Å². The van der Waals surface area contributed by atoms with Crippen LogP contribution in [-0.4, -0.2) is 18.6 Å². The maximum absolute atomic E-state index is 11.8. The molecule has 5 heteroatoms. The highest BCUT2D eigenvalue weighted by atomic mass is 35.5. The average Bonchev–Trinajstić information content (AvgIpc) is 2.37. The Labute approximate surface area is 127 Å². The van der Waals surface area contributed by atoms with Crippen molar-refractivity contribution in [1.82, 2.24) is 5.32 Å². The Balaban J connectivity index is 0.00000361. The lowest BCUT2D eigenvalue weighted by atomic mass is 10.0. The van der Waals surface area contributed by atoms with E-state index in [-0.39, 0.29) is 18.3 Å². The number of ether oxygens (including phenoxy) is 1. The Kier molecular flexibility index (Phi) is 9.01. The lowest BCUT2D eigenvalue weighted by Crippen LogP contribution is -2.41. The molecule has 3 N–H and O–H groups in total. The van der Waals surface area contributed by atoms with Crippen LogP contribution in [0.3, 0.4) is 0 Å². The van der Waals surface area contributed by atoms with Crippen molar-refractivity contribution in [3.8, 4) is 5.75 Å². The normalized spacial score (nSPS) is 11.7. The van der Waals surface area contributed by atoms with E-state index < -0.39 is 6.04 Å². The number of nitrogens with two attached hydrogens (primary N) is 1. The van der Waals surface area contributed by atoms with Crippen LogP contribution in [0, 0.1) is 5.92 Å². The molecule has 0 aliphatic heterocycles. The van der Waals surface area contributed by atoms with E-state index in [4.69, 9.17) is 10.5 Å². The molecular formula is C15H25ClN2O2. The highest BCUT2D eigenvalue weighted by molar-refractivity contribution is 5.85. The molecule has 1 rings (SSSR count). The van der Waals surface area contributed by atoms with Crippen LogP contribution >= 0.6 is 12.4 Å². The molecule has 0 aromatic heterocycles. The highest BCUT2D eigenvalue weighted by Gasteiger charge is 2.15. The third-order valence-corrected chi connectivity index (χ3v) is 2.79. The SMILES string of the molecule is CCOc1ccccc1CNC(=O)[C@@H](N)CC(C)C.Cl. The molecule has 1 amide bonds. The number of hydrogen-bond donors (Lipinski definition) is 2. The maximum atomic E-state index is 11.8. The number of benzene rings is 1. The number of nitrogens with one attached hydrogen (secondary N) is 1. The molecule has 4 nitrogen and oxygen atoms in total. The molecule has 114 valence electrons. The van der Waals surface area contributed by atoms with Crippen LogP contribution in [0.15, 0.2) is 24.3 Å². The second-order valence-electron chi connectivity index (χ2n) is 4.99. The fourth-order valence-electron chi connectivity index (χ4n) is 1.87. The first-order valence-electron chi connectivity index (χ1n) is 6.78. The second-order valence-corrected chi connectivity index (χ2v) is 4.99. The summed E-state index contributed by atoms with van der Waals surface area (Å²) in [5.74, 6) is 1.11. The van der Waals surface area contributed by atoms with Crippen molar-refractivity contribution in [3.05, 3.63) is 29.8 Å². The number of hydrogen-bond acceptors (Lipinski definition) is 3. The van der Waals surface area contributed by atoms with Gasteiger partial charge in [0.15, 0.2) is 0 Å². The Morgan fingerprint density at radius 1 is 1.35 bits per heavy atom. The predicted octanol–water partition coefficient (Wildman–Crippen LogP) is 2.50. The minimum Gasteiger partial charge on any atom is -0.494 e. The molecule has 0 saturated carbocycles. The minimum absolute atomic E-state index is 0. The third kappa shape index (κ3) is 6.26. The summed E-state index contributed by atoms with van der Waals surface area (Å²) in [6.07, 6.45) is 0.693. The van der Waals surface area contributed by atoms with Gasteiger partial charge >= 0.3 is 0 Å². The zero-order valence-corrected chi connectivity index (χ0v) is 13.2. The van der Waals surface area contributed by atoms with Gasteiger partial charge in [0, 0.05) is 12.1 Å². The summed E-state index contributed by atoms with van der Waals surface area (Å²) < 4.78 is 5.51. The van der Waals surface area contributed by atoms with Crippen LogP contribution in [0.2, 0.25) is 0 Å². The molecule has 0 heterocycles. The van der Waals surface area contributed by atoms with Crippen LogP contribution in [0.4, 0.5) is 0 Å². The number of rotatable bonds is 7. The van der Waals surface area contributed by atoms with Crippen molar-refractivity contribution in [1.29, 1.82) is 0 Å². The number of amides is 1. The zero-order valence-electron chi connectivity index (χ0n) is 12.4. The molecule has 0 aliphatic rings. The Bertz CT molecular complexity index is 411. The van der Waals surface area contributed by atoms with Crippen molar-refractivity contribution >= 4 is 18.3 Å². The van der Waals surface area contributed by atoms with Gasteiger partial charge in [0.05, 0.1) is 12.6 Å². The fourth-order valence-corrected chi connectivity index (χ4v) is 1.87. The van der Waals surface area contributed by atoms with E-state index in [1.807, 2.05) is 31.2 Å². The molecule has 1 aromatic carbocycles. The number of carbonyl (C=O) groups excluding carboxylic acids is 1. The number of carbonyl (C=O) groups is 1. The summed E-state index contributed by atoms with van der Waals surface area (Å²) in [6.45, 7) is 7.10. The summed E-state index contributed by atoms with van der Waals surface area (Å²) in [6, 6.07) is 7.25. The molecule has 0 unspecified atom stereocenters. The Morgan fingerprint density at radius 2 is 2.00 bits per heavy atom. The van der Waals surface area contributed by atoms with Crippen LogP contribution < -0.4 is 15.8 Å². The maximum Gasteiger partial charge on any atom is 0.237 e. The predicted molar refractivity (Wildman–Crippen MR) is 84.1 cm³/mol. The quantitative estimate of drug-likeness (QED) is 0.813. The monoisotopic (exact) mass is 300 g/mol. The molecule has 0 aliphatic carbocycles. The van der Waals surface area contributed by atoms with Crippen molar-refractivity contribution < 1.29 is 9.53 Å². The van der Waals surface area contributed by atoms with Gasteiger partial charge in [-0.3, -0.25) is 4.79 Å². The third-order valence-electron chi connectivity index (χ3n) is 2.79. The highest BCUT2D eigenvalue weighted by Crippen LogP contribution is 2.17. The van der Waals surface area contributed by atoms with Crippen LogP contribution in [-0.2, 0) is 11.3 Å². The van der Waals surface area contributed by atoms with Crippen LogP contribution in [0.1, 0.15) is 32.8 Å². The van der Waals surface area contributed by atoms with E-state index in [0.29, 0.717) is 25.5 Å². The van der Waals surface area contributed by atoms with E-state index in [1.54, 1.807) is 0 Å². The number of para-hydroxylation sites is 1. The van der Waals surface area contributed by atoms with Gasteiger partial charge in [-0.2, -0.15) is 0 Å². The van der Waals surface area contributed by atoms with Gasteiger partial charge in [0.25, 0.3) is 0 Å². The van der Waals surface area contributed by atoms with Crippen LogP contribution in [0.25, 0.3) is 0 Å². The average molecular weight is 301 g/mol. The van der Waals surface area contributed by atoms with Crippen molar-refractivity contribution in [3.63, 3.8) is 0 Å². The van der Waals surface area contributed by atoms with Gasteiger partial charge in [-0.05, 0) is 25.3 Å². The van der Waals surface area contributed by atoms with Gasteiger partial charge in [0.1, 0.15) is 5.75 Å². The minimum atomic E-state index is -0.445. The lowest BCUT2D eigenvalue weighted by Gasteiger charge is -2.15. The molecule has 0 bridgehead atoms. The Morgan fingerprint density at radius 3 is 2.60 bits per heavy atom. The zero-order chi connectivity index (χ0) is 14.3.